The van der Waals surface area contributed by atoms with Crippen molar-refractivity contribution in [2.45, 2.75) is 6.92 Å². The van der Waals surface area contributed by atoms with Crippen LogP contribution in [0.2, 0.25) is 0 Å². The first kappa shape index (κ1) is 6.35. The zero-order valence-electron chi connectivity index (χ0n) is 4.96. The minimum atomic E-state index is -3.12. The zero-order chi connectivity index (χ0) is 6.91. The van der Waals surface area contributed by atoms with Gasteiger partial charge in [-0.2, -0.15) is 0 Å². The Morgan fingerprint density at radius 2 is 2.22 bits per heavy atom. The number of allylic oxidation sites excluding steroid dienone is 2. The Bertz CT molecular complexity index is 261. The van der Waals surface area contributed by atoms with E-state index in [1.54, 1.807) is 6.08 Å². The molecular formula is C5H7NO2S. The lowest BCUT2D eigenvalue weighted by Crippen LogP contribution is -2.17. The average molecular weight is 145 g/mol. The van der Waals surface area contributed by atoms with Crippen LogP contribution in [0.25, 0.3) is 0 Å². The van der Waals surface area contributed by atoms with Crippen LogP contribution in [0.1, 0.15) is 6.92 Å². The number of sulfonamides is 1. The highest BCUT2D eigenvalue weighted by atomic mass is 32.2. The van der Waals surface area contributed by atoms with Crippen LogP contribution in [0.15, 0.2) is 23.3 Å². The molecule has 1 aliphatic rings. The summed E-state index contributed by atoms with van der Waals surface area (Å²) in [6.07, 6.45) is 3.00. The minimum Gasteiger partial charge on any atom is -0.287 e. The molecule has 0 amide bonds. The molecule has 0 aromatic rings. The van der Waals surface area contributed by atoms with Crippen molar-refractivity contribution in [2.75, 3.05) is 0 Å². The van der Waals surface area contributed by atoms with E-state index < -0.39 is 10.0 Å². The van der Waals surface area contributed by atoms with E-state index in [9.17, 15) is 8.42 Å². The quantitative estimate of drug-likeness (QED) is 0.534. The Hall–Kier alpha value is -0.770. The normalized spacial score (nSPS) is 22.6. The summed E-state index contributed by atoms with van der Waals surface area (Å²) in [5.74, 6) is 0. The van der Waals surface area contributed by atoms with Gasteiger partial charge in [0.05, 0.1) is 5.41 Å². The Morgan fingerprint density at radius 3 is 2.56 bits per heavy atom. The van der Waals surface area contributed by atoms with Crippen molar-refractivity contribution in [3.05, 3.63) is 23.3 Å². The highest BCUT2D eigenvalue weighted by Crippen LogP contribution is 2.01. The highest BCUT2D eigenvalue weighted by Gasteiger charge is 2.04. The summed E-state index contributed by atoms with van der Waals surface area (Å²) >= 11 is 0. The summed E-state index contributed by atoms with van der Waals surface area (Å²) < 4.78 is 23.3. The maximum absolute atomic E-state index is 10.6. The van der Waals surface area contributed by atoms with Crippen molar-refractivity contribution in [3.63, 3.8) is 0 Å². The Kier molecular flexibility index (Phi) is 1.32. The molecule has 4 heteroatoms. The van der Waals surface area contributed by atoms with Crippen LogP contribution < -0.4 is 4.72 Å². The molecule has 50 valence electrons. The van der Waals surface area contributed by atoms with Crippen LogP contribution in [0.4, 0.5) is 0 Å². The molecule has 0 spiro atoms. The van der Waals surface area contributed by atoms with Gasteiger partial charge in [0.1, 0.15) is 0 Å². The third kappa shape index (κ3) is 1.57. The maximum Gasteiger partial charge on any atom is 0.254 e. The molecule has 1 heterocycles. The molecule has 0 saturated carbocycles. The molecule has 0 bridgehead atoms. The van der Waals surface area contributed by atoms with E-state index in [2.05, 4.69) is 4.72 Å². The molecule has 1 rings (SSSR count). The first-order valence-electron chi connectivity index (χ1n) is 2.47. The van der Waals surface area contributed by atoms with Gasteiger partial charge in [0.2, 0.25) is 0 Å². The van der Waals surface area contributed by atoms with E-state index in [0.717, 1.165) is 11.0 Å². The van der Waals surface area contributed by atoms with E-state index in [-0.39, 0.29) is 0 Å². The second kappa shape index (κ2) is 1.88. The predicted molar refractivity (Wildman–Crippen MR) is 35.0 cm³/mol. The average Bonchev–Trinajstić information content (AvgIpc) is 1.78. The molecule has 0 aromatic carbocycles. The fourth-order valence-electron chi connectivity index (χ4n) is 0.459. The number of hydrogen-bond acceptors (Lipinski definition) is 2. The first-order valence-corrected chi connectivity index (χ1v) is 4.02. The van der Waals surface area contributed by atoms with Crippen LogP contribution in [0.5, 0.6) is 0 Å². The Balaban J connectivity index is 2.95. The van der Waals surface area contributed by atoms with Crippen LogP contribution in [-0.4, -0.2) is 8.42 Å². The van der Waals surface area contributed by atoms with Crippen molar-refractivity contribution in [1.82, 2.24) is 4.72 Å². The second-order valence-corrected chi connectivity index (χ2v) is 3.45. The molecule has 0 fully saturated rings. The fraction of sp³-hybridized carbons (Fsp3) is 0.200. The lowest BCUT2D eigenvalue weighted by molar-refractivity contribution is 0.599. The molecule has 0 unspecified atom stereocenters. The number of hydrogen-bond donors (Lipinski definition) is 1. The molecule has 0 radical (unpaired) electrons. The van der Waals surface area contributed by atoms with Crippen molar-refractivity contribution in [1.29, 1.82) is 0 Å². The maximum atomic E-state index is 10.6. The van der Waals surface area contributed by atoms with Crippen LogP contribution in [0.3, 0.4) is 0 Å². The van der Waals surface area contributed by atoms with Crippen LogP contribution in [0, 0.1) is 0 Å². The van der Waals surface area contributed by atoms with Crippen LogP contribution in [-0.2, 0) is 10.0 Å². The Labute approximate surface area is 54.1 Å². The van der Waals surface area contributed by atoms with E-state index in [4.69, 9.17) is 0 Å². The van der Waals surface area contributed by atoms with Gasteiger partial charge in [0, 0.05) is 6.20 Å². The smallest absolute Gasteiger partial charge is 0.254 e. The van der Waals surface area contributed by atoms with Gasteiger partial charge in [-0.3, -0.25) is 4.72 Å². The lowest BCUT2D eigenvalue weighted by atomic mass is 10.3. The van der Waals surface area contributed by atoms with Gasteiger partial charge < -0.3 is 0 Å². The van der Waals surface area contributed by atoms with Gasteiger partial charge in [-0.25, -0.2) is 8.42 Å². The lowest BCUT2D eigenvalue weighted by Gasteiger charge is -2.03. The van der Waals surface area contributed by atoms with Gasteiger partial charge in [0.25, 0.3) is 10.0 Å². The third-order valence-electron chi connectivity index (χ3n) is 0.961. The van der Waals surface area contributed by atoms with E-state index in [0.29, 0.717) is 0 Å². The van der Waals surface area contributed by atoms with Crippen molar-refractivity contribution < 1.29 is 8.42 Å². The first-order chi connectivity index (χ1) is 4.10. The summed E-state index contributed by atoms with van der Waals surface area (Å²) in [7, 11) is -3.12. The largest absolute Gasteiger partial charge is 0.287 e. The monoisotopic (exact) mass is 145 g/mol. The molecule has 0 atom stereocenters. The van der Waals surface area contributed by atoms with Crippen molar-refractivity contribution in [2.24, 2.45) is 0 Å². The van der Waals surface area contributed by atoms with E-state index >= 15 is 0 Å². The van der Waals surface area contributed by atoms with E-state index in [1.807, 2.05) is 6.92 Å². The molecule has 0 saturated heterocycles. The van der Waals surface area contributed by atoms with Crippen LogP contribution >= 0.6 is 0 Å². The zero-order valence-corrected chi connectivity index (χ0v) is 5.77. The SMILES string of the molecule is CC1=CNS(=O)(=O)C=C1. The van der Waals surface area contributed by atoms with Gasteiger partial charge in [-0.15, -0.1) is 0 Å². The molecule has 1 N–H and O–H groups in total. The fourth-order valence-corrected chi connectivity index (χ4v) is 1.28. The summed E-state index contributed by atoms with van der Waals surface area (Å²) in [4.78, 5) is 0. The molecule has 3 nitrogen and oxygen atoms in total. The summed E-state index contributed by atoms with van der Waals surface area (Å²) in [6, 6.07) is 0. The summed E-state index contributed by atoms with van der Waals surface area (Å²) in [5.41, 5.74) is 0.907. The van der Waals surface area contributed by atoms with Gasteiger partial charge >= 0.3 is 0 Å². The topological polar surface area (TPSA) is 46.2 Å². The van der Waals surface area contributed by atoms with Gasteiger partial charge in [-0.05, 0) is 18.6 Å². The molecule has 1 aliphatic heterocycles. The summed E-state index contributed by atoms with van der Waals surface area (Å²) in [5, 5.41) is 1.14. The van der Waals surface area contributed by atoms with E-state index in [1.165, 1.54) is 6.20 Å². The third-order valence-corrected chi connectivity index (χ3v) is 1.90. The summed E-state index contributed by atoms with van der Waals surface area (Å²) in [6.45, 7) is 1.82. The highest BCUT2D eigenvalue weighted by molar-refractivity contribution is 7.92. The molecular weight excluding hydrogens is 138 g/mol. The van der Waals surface area contributed by atoms with Gasteiger partial charge in [0.15, 0.2) is 0 Å². The molecule has 0 aliphatic carbocycles. The molecule has 9 heavy (non-hydrogen) atoms. The van der Waals surface area contributed by atoms with Crippen molar-refractivity contribution >= 4 is 10.0 Å². The number of rotatable bonds is 0. The molecule has 0 aromatic heterocycles. The minimum absolute atomic E-state index is 0.907. The number of nitrogens with one attached hydrogen (secondary N) is 1. The standard InChI is InChI=1S/C5H7NO2S/c1-5-2-3-9(7,8)6-4-5/h2-4,6H,1H3. The second-order valence-electron chi connectivity index (χ2n) is 1.85. The van der Waals surface area contributed by atoms with Crippen molar-refractivity contribution in [3.8, 4) is 0 Å². The predicted octanol–water partition coefficient (Wildman–Crippen LogP) is 0.337. The van der Waals surface area contributed by atoms with Gasteiger partial charge in [-0.1, -0.05) is 0 Å². The Morgan fingerprint density at radius 1 is 1.56 bits per heavy atom.